The molecule has 1 aliphatic carbocycles. The van der Waals surface area contributed by atoms with E-state index in [1.807, 2.05) is 30.3 Å². The molecule has 11 nitrogen and oxygen atoms in total. The predicted molar refractivity (Wildman–Crippen MR) is 109 cm³/mol. The van der Waals surface area contributed by atoms with E-state index in [0.717, 1.165) is 18.4 Å². The molecule has 11 heteroatoms. The molecule has 3 rings (SSSR count). The highest BCUT2D eigenvalue weighted by Crippen LogP contribution is 2.40. The van der Waals surface area contributed by atoms with Crippen LogP contribution in [-0.2, 0) is 16.1 Å². The molecule has 0 saturated heterocycles. The Kier molecular flexibility index (Phi) is 7.41. The number of rotatable bonds is 11. The number of carbonyl (C=O) groups is 3. The second-order valence-electron chi connectivity index (χ2n) is 7.43. The summed E-state index contributed by atoms with van der Waals surface area (Å²) in [7, 11) is 0. The van der Waals surface area contributed by atoms with Gasteiger partial charge in [-0.2, -0.15) is 0 Å². The van der Waals surface area contributed by atoms with Crippen molar-refractivity contribution in [3.05, 3.63) is 47.8 Å². The molecule has 31 heavy (non-hydrogen) atoms. The van der Waals surface area contributed by atoms with Crippen molar-refractivity contribution >= 4 is 18.1 Å². The third-order valence-electron chi connectivity index (χ3n) is 4.98. The first-order chi connectivity index (χ1) is 14.9. The van der Waals surface area contributed by atoms with Crippen molar-refractivity contribution in [3.8, 4) is 0 Å². The molecular formula is C20H26N6O5. The minimum atomic E-state index is -1.06. The molecule has 1 saturated carbocycles. The van der Waals surface area contributed by atoms with Crippen molar-refractivity contribution in [2.24, 2.45) is 11.7 Å². The van der Waals surface area contributed by atoms with Gasteiger partial charge in [0.15, 0.2) is 6.04 Å². The Balaban J connectivity index is 1.59. The maximum absolute atomic E-state index is 12.3. The molecule has 166 valence electrons. The van der Waals surface area contributed by atoms with Crippen LogP contribution in [0, 0.1) is 5.92 Å². The van der Waals surface area contributed by atoms with Gasteiger partial charge in [-0.05, 0) is 37.2 Å². The summed E-state index contributed by atoms with van der Waals surface area (Å²) >= 11 is 0. The Labute approximate surface area is 178 Å². The summed E-state index contributed by atoms with van der Waals surface area (Å²) in [5.74, 6) is -0.855. The van der Waals surface area contributed by atoms with Gasteiger partial charge in [-0.3, -0.25) is 0 Å². The number of aliphatic carboxylic acids is 1. The number of carbonyl (C=O) groups excluding carboxylic acids is 2. The molecule has 5 N–H and O–H groups in total. The van der Waals surface area contributed by atoms with Gasteiger partial charge in [-0.1, -0.05) is 35.5 Å². The number of ether oxygens (including phenoxy) is 1. The second kappa shape index (κ2) is 10.4. The Bertz CT molecular complexity index is 898. The summed E-state index contributed by atoms with van der Waals surface area (Å²) in [6, 6.07) is 7.34. The number of hydrogen-bond donors (Lipinski definition) is 4. The molecule has 0 aliphatic heterocycles. The molecule has 1 heterocycles. The number of carboxylic acids is 1. The average Bonchev–Trinajstić information content (AvgIpc) is 3.48. The number of carboxylic acid groups (broad SMARTS) is 1. The first-order valence-electron chi connectivity index (χ1n) is 10.1. The zero-order chi connectivity index (χ0) is 22.2. The minimum Gasteiger partial charge on any atom is -0.480 e. The van der Waals surface area contributed by atoms with E-state index in [2.05, 4.69) is 20.9 Å². The Morgan fingerprint density at radius 1 is 1.26 bits per heavy atom. The van der Waals surface area contributed by atoms with Crippen molar-refractivity contribution in [2.75, 3.05) is 6.54 Å². The molecule has 1 aromatic heterocycles. The lowest BCUT2D eigenvalue weighted by atomic mass is 10.1. The SMILES string of the molecule is NC(=O)NCCC[C@@H](C(=O)O)n1cc([C@@H](NC(=O)OCc2ccccc2)C2CC2)nn1. The molecule has 1 aromatic carbocycles. The summed E-state index contributed by atoms with van der Waals surface area (Å²) < 4.78 is 6.56. The Hall–Kier alpha value is -3.63. The summed E-state index contributed by atoms with van der Waals surface area (Å²) in [6.07, 6.45) is 3.47. The minimum absolute atomic E-state index is 0.150. The number of aromatic nitrogens is 3. The highest BCUT2D eigenvalue weighted by atomic mass is 16.5. The molecule has 1 aliphatic rings. The molecule has 2 atom stereocenters. The van der Waals surface area contributed by atoms with Crippen molar-refractivity contribution in [2.45, 2.75) is 44.4 Å². The number of nitrogens with zero attached hydrogens (tertiary/aromatic N) is 3. The first kappa shape index (κ1) is 22.1. The van der Waals surface area contributed by atoms with Crippen LogP contribution in [0.15, 0.2) is 36.5 Å². The summed E-state index contributed by atoms with van der Waals surface area (Å²) in [5, 5.41) is 22.9. The Morgan fingerprint density at radius 2 is 2.00 bits per heavy atom. The normalized spacial score (nSPS) is 15.0. The molecule has 0 radical (unpaired) electrons. The van der Waals surface area contributed by atoms with Crippen molar-refractivity contribution in [3.63, 3.8) is 0 Å². The van der Waals surface area contributed by atoms with Crippen LogP contribution in [0.2, 0.25) is 0 Å². The second-order valence-corrected chi connectivity index (χ2v) is 7.43. The number of urea groups is 1. The van der Waals surface area contributed by atoms with Crippen LogP contribution in [0.25, 0.3) is 0 Å². The van der Waals surface area contributed by atoms with Gasteiger partial charge < -0.3 is 26.2 Å². The number of hydrogen-bond acceptors (Lipinski definition) is 6. The van der Waals surface area contributed by atoms with Crippen LogP contribution in [0.4, 0.5) is 9.59 Å². The zero-order valence-corrected chi connectivity index (χ0v) is 16.9. The molecule has 3 amide bonds. The van der Waals surface area contributed by atoms with Gasteiger partial charge in [-0.25, -0.2) is 19.1 Å². The van der Waals surface area contributed by atoms with Crippen molar-refractivity contribution < 1.29 is 24.2 Å². The van der Waals surface area contributed by atoms with Crippen LogP contribution >= 0.6 is 0 Å². The Morgan fingerprint density at radius 3 is 2.65 bits per heavy atom. The zero-order valence-electron chi connectivity index (χ0n) is 16.9. The molecule has 0 bridgehead atoms. The highest BCUT2D eigenvalue weighted by Gasteiger charge is 2.36. The fourth-order valence-corrected chi connectivity index (χ4v) is 3.22. The lowest BCUT2D eigenvalue weighted by Gasteiger charge is -2.16. The van der Waals surface area contributed by atoms with Gasteiger partial charge in [0.2, 0.25) is 0 Å². The van der Waals surface area contributed by atoms with E-state index in [1.54, 1.807) is 6.20 Å². The standard InChI is InChI=1S/C20H26N6O5/c21-19(29)22-10-4-7-16(18(27)28)26-11-15(24-25-26)17(14-8-9-14)23-20(30)31-12-13-5-2-1-3-6-13/h1-3,5-6,11,14,16-17H,4,7-10,12H2,(H,23,30)(H,27,28)(H3,21,22,29)/t16-,17-/m0/s1. The lowest BCUT2D eigenvalue weighted by Crippen LogP contribution is -2.31. The summed E-state index contributed by atoms with van der Waals surface area (Å²) in [4.78, 5) is 34.7. The van der Waals surface area contributed by atoms with E-state index in [9.17, 15) is 19.5 Å². The van der Waals surface area contributed by atoms with Gasteiger partial charge in [0, 0.05) is 6.54 Å². The fraction of sp³-hybridized carbons (Fsp3) is 0.450. The molecule has 0 unspecified atom stereocenters. The molecule has 0 spiro atoms. The number of nitrogens with two attached hydrogens (primary N) is 1. The summed E-state index contributed by atoms with van der Waals surface area (Å²) in [6.45, 7) is 0.414. The van der Waals surface area contributed by atoms with Crippen LogP contribution in [0.3, 0.4) is 0 Å². The number of alkyl carbamates (subject to hydrolysis) is 1. The van der Waals surface area contributed by atoms with Crippen molar-refractivity contribution in [1.29, 1.82) is 0 Å². The average molecular weight is 430 g/mol. The quantitative estimate of drug-likeness (QED) is 0.395. The number of benzene rings is 1. The van der Waals surface area contributed by atoms with Gasteiger partial charge in [0.1, 0.15) is 12.3 Å². The topological polar surface area (TPSA) is 161 Å². The maximum atomic E-state index is 12.3. The van der Waals surface area contributed by atoms with Crippen LogP contribution in [0.1, 0.15) is 49.0 Å². The third-order valence-corrected chi connectivity index (χ3v) is 4.98. The van der Waals surface area contributed by atoms with E-state index in [1.165, 1.54) is 4.68 Å². The van der Waals surface area contributed by atoms with Gasteiger partial charge >= 0.3 is 18.1 Å². The van der Waals surface area contributed by atoms with Crippen LogP contribution in [-0.4, -0.2) is 44.7 Å². The van der Waals surface area contributed by atoms with Gasteiger partial charge in [0.05, 0.1) is 12.2 Å². The summed E-state index contributed by atoms with van der Waals surface area (Å²) in [5.41, 5.74) is 6.37. The van der Waals surface area contributed by atoms with E-state index in [0.29, 0.717) is 12.1 Å². The number of primary amides is 1. The van der Waals surface area contributed by atoms with E-state index >= 15 is 0 Å². The van der Waals surface area contributed by atoms with Crippen molar-refractivity contribution in [1.82, 2.24) is 25.6 Å². The third kappa shape index (κ3) is 6.69. The van der Waals surface area contributed by atoms with Gasteiger partial charge in [0.25, 0.3) is 0 Å². The van der Waals surface area contributed by atoms with E-state index < -0.39 is 30.2 Å². The maximum Gasteiger partial charge on any atom is 0.408 e. The smallest absolute Gasteiger partial charge is 0.408 e. The van der Waals surface area contributed by atoms with E-state index in [4.69, 9.17) is 10.5 Å². The highest BCUT2D eigenvalue weighted by molar-refractivity contribution is 5.72. The van der Waals surface area contributed by atoms with Crippen LogP contribution < -0.4 is 16.4 Å². The molecular weight excluding hydrogens is 404 g/mol. The van der Waals surface area contributed by atoms with E-state index in [-0.39, 0.29) is 25.5 Å². The fourth-order valence-electron chi connectivity index (χ4n) is 3.22. The van der Waals surface area contributed by atoms with Crippen LogP contribution in [0.5, 0.6) is 0 Å². The number of nitrogens with one attached hydrogen (secondary N) is 2. The largest absolute Gasteiger partial charge is 0.480 e. The van der Waals surface area contributed by atoms with Gasteiger partial charge in [-0.15, -0.1) is 5.10 Å². The molecule has 1 fully saturated rings. The monoisotopic (exact) mass is 430 g/mol. The first-order valence-corrected chi connectivity index (χ1v) is 10.1. The molecule has 2 aromatic rings. The predicted octanol–water partition coefficient (Wildman–Crippen LogP) is 1.73. The lowest BCUT2D eigenvalue weighted by molar-refractivity contribution is -0.141. The number of amides is 3.